The van der Waals surface area contributed by atoms with E-state index in [1.807, 2.05) is 0 Å². The second kappa shape index (κ2) is 5.83. The molecule has 19 heavy (non-hydrogen) atoms. The van der Waals surface area contributed by atoms with Crippen LogP contribution in [0.3, 0.4) is 0 Å². The molecule has 0 bridgehead atoms. The maximum Gasteiger partial charge on any atom is 0.327 e. The van der Waals surface area contributed by atoms with Crippen molar-refractivity contribution < 1.29 is 14.7 Å². The smallest absolute Gasteiger partial charge is 0.327 e. The second-order valence-corrected chi connectivity index (χ2v) is 6.17. The van der Waals surface area contributed by atoms with Gasteiger partial charge in [-0.2, -0.15) is 11.8 Å². The quantitative estimate of drug-likeness (QED) is 0.797. The third kappa shape index (κ3) is 3.03. The molecule has 1 amide bonds. The van der Waals surface area contributed by atoms with Gasteiger partial charge in [0, 0.05) is 33.8 Å². The van der Waals surface area contributed by atoms with Crippen LogP contribution >= 0.6 is 27.7 Å². The topological polar surface area (TPSA) is 83.6 Å². The van der Waals surface area contributed by atoms with E-state index in [-0.39, 0.29) is 5.91 Å². The number of benzene rings is 1. The van der Waals surface area contributed by atoms with E-state index in [1.54, 1.807) is 30.0 Å². The molecule has 1 aromatic carbocycles. The predicted octanol–water partition coefficient (Wildman–Crippen LogP) is 1.67. The molecule has 102 valence electrons. The SMILES string of the molecule is Nc1cc(C(=O)N2CCSCC2C(=O)O)ccc1Br. The third-order valence-corrected chi connectivity index (χ3v) is 4.66. The molecule has 0 radical (unpaired) electrons. The monoisotopic (exact) mass is 344 g/mol. The predicted molar refractivity (Wildman–Crippen MR) is 78.3 cm³/mol. The summed E-state index contributed by atoms with van der Waals surface area (Å²) in [5, 5.41) is 9.16. The minimum Gasteiger partial charge on any atom is -0.480 e. The first-order valence-corrected chi connectivity index (χ1v) is 7.62. The molecule has 1 aliphatic heterocycles. The first-order valence-electron chi connectivity index (χ1n) is 5.67. The van der Waals surface area contributed by atoms with E-state index in [9.17, 15) is 9.59 Å². The third-order valence-electron chi connectivity index (χ3n) is 2.92. The molecule has 3 N–H and O–H groups in total. The number of anilines is 1. The lowest BCUT2D eigenvalue weighted by Gasteiger charge is -2.32. The molecule has 0 saturated carbocycles. The maximum atomic E-state index is 12.4. The van der Waals surface area contributed by atoms with Crippen molar-refractivity contribution in [3.05, 3.63) is 28.2 Å². The lowest BCUT2D eigenvalue weighted by molar-refractivity contribution is -0.141. The minimum atomic E-state index is -0.967. The highest BCUT2D eigenvalue weighted by molar-refractivity contribution is 9.10. The number of thioether (sulfide) groups is 1. The lowest BCUT2D eigenvalue weighted by atomic mass is 10.1. The molecule has 1 aromatic rings. The van der Waals surface area contributed by atoms with Crippen LogP contribution in [0.4, 0.5) is 5.69 Å². The Morgan fingerprint density at radius 1 is 1.47 bits per heavy atom. The van der Waals surface area contributed by atoms with E-state index in [0.717, 1.165) is 5.75 Å². The Morgan fingerprint density at radius 2 is 2.21 bits per heavy atom. The first kappa shape index (κ1) is 14.2. The van der Waals surface area contributed by atoms with E-state index in [1.165, 1.54) is 4.90 Å². The fourth-order valence-electron chi connectivity index (χ4n) is 1.89. The Hall–Kier alpha value is -1.21. The first-order chi connectivity index (χ1) is 9.00. The number of rotatable bonds is 2. The summed E-state index contributed by atoms with van der Waals surface area (Å²) in [6, 6.07) is 4.13. The Bertz CT molecular complexity index is 524. The highest BCUT2D eigenvalue weighted by atomic mass is 79.9. The second-order valence-electron chi connectivity index (χ2n) is 4.16. The van der Waals surface area contributed by atoms with Crippen LogP contribution in [0.15, 0.2) is 22.7 Å². The van der Waals surface area contributed by atoms with Crippen molar-refractivity contribution in [2.24, 2.45) is 0 Å². The summed E-state index contributed by atoms with van der Waals surface area (Å²) < 4.78 is 0.716. The number of amides is 1. The summed E-state index contributed by atoms with van der Waals surface area (Å²) in [7, 11) is 0. The van der Waals surface area contributed by atoms with Gasteiger partial charge in [0.15, 0.2) is 0 Å². The highest BCUT2D eigenvalue weighted by Gasteiger charge is 2.32. The minimum absolute atomic E-state index is 0.285. The van der Waals surface area contributed by atoms with Crippen molar-refractivity contribution in [1.82, 2.24) is 4.90 Å². The number of aliphatic carboxylic acids is 1. The number of halogens is 1. The van der Waals surface area contributed by atoms with Crippen molar-refractivity contribution >= 4 is 45.3 Å². The van der Waals surface area contributed by atoms with E-state index in [0.29, 0.717) is 28.0 Å². The average molecular weight is 345 g/mol. The Morgan fingerprint density at radius 3 is 2.84 bits per heavy atom. The number of nitrogen functional groups attached to an aromatic ring is 1. The average Bonchev–Trinajstić information content (AvgIpc) is 2.41. The van der Waals surface area contributed by atoms with Gasteiger partial charge in [0.2, 0.25) is 0 Å². The number of hydrogen-bond acceptors (Lipinski definition) is 4. The van der Waals surface area contributed by atoms with Gasteiger partial charge in [0.05, 0.1) is 0 Å². The van der Waals surface area contributed by atoms with Gasteiger partial charge < -0.3 is 15.7 Å². The van der Waals surface area contributed by atoms with Gasteiger partial charge in [-0.3, -0.25) is 4.79 Å². The number of carboxylic acids is 1. The normalized spacial score (nSPS) is 19.2. The zero-order valence-corrected chi connectivity index (χ0v) is 12.4. The Labute approximate surface area is 123 Å². The molecular formula is C12H13BrN2O3S. The van der Waals surface area contributed by atoms with Gasteiger partial charge in [-0.25, -0.2) is 4.79 Å². The van der Waals surface area contributed by atoms with E-state index in [2.05, 4.69) is 15.9 Å². The maximum absolute atomic E-state index is 12.4. The number of carbonyl (C=O) groups is 2. The fraction of sp³-hybridized carbons (Fsp3) is 0.333. The molecule has 1 heterocycles. The summed E-state index contributed by atoms with van der Waals surface area (Å²) in [6.07, 6.45) is 0. The molecule has 1 atom stereocenters. The summed E-state index contributed by atoms with van der Waals surface area (Å²) in [6.45, 7) is 0.441. The number of hydrogen-bond donors (Lipinski definition) is 2. The molecule has 7 heteroatoms. The molecule has 0 aromatic heterocycles. The standard InChI is InChI=1S/C12H13BrN2O3S/c13-8-2-1-7(5-9(8)14)11(16)15-3-4-19-6-10(15)12(17)18/h1-2,5,10H,3-4,6,14H2,(H,17,18). The van der Waals surface area contributed by atoms with Gasteiger partial charge in [0.1, 0.15) is 6.04 Å². The van der Waals surface area contributed by atoms with Crippen molar-refractivity contribution in [1.29, 1.82) is 0 Å². The van der Waals surface area contributed by atoms with Gasteiger partial charge in [-0.1, -0.05) is 0 Å². The zero-order chi connectivity index (χ0) is 14.0. The van der Waals surface area contributed by atoms with Crippen molar-refractivity contribution in [3.8, 4) is 0 Å². The molecule has 0 spiro atoms. The number of nitrogens with two attached hydrogens (primary N) is 1. The van der Waals surface area contributed by atoms with E-state index in [4.69, 9.17) is 10.8 Å². The molecular weight excluding hydrogens is 332 g/mol. The molecule has 5 nitrogen and oxygen atoms in total. The van der Waals surface area contributed by atoms with Crippen LogP contribution in [0.5, 0.6) is 0 Å². The molecule has 1 fully saturated rings. The summed E-state index contributed by atoms with van der Waals surface area (Å²) in [5.41, 5.74) is 6.62. The van der Waals surface area contributed by atoms with Crippen LogP contribution in [-0.4, -0.2) is 46.0 Å². The summed E-state index contributed by atoms with van der Waals surface area (Å²) in [5.74, 6) is -0.0771. The summed E-state index contributed by atoms with van der Waals surface area (Å²) >= 11 is 4.81. The van der Waals surface area contributed by atoms with Crippen molar-refractivity contribution in [2.45, 2.75) is 6.04 Å². The number of nitrogens with zero attached hydrogens (tertiary/aromatic N) is 1. The molecule has 1 unspecified atom stereocenters. The molecule has 1 aliphatic rings. The van der Waals surface area contributed by atoms with Crippen LogP contribution in [0.25, 0.3) is 0 Å². The molecule has 1 saturated heterocycles. The molecule has 0 aliphatic carbocycles. The highest BCUT2D eigenvalue weighted by Crippen LogP contribution is 2.23. The lowest BCUT2D eigenvalue weighted by Crippen LogP contribution is -2.50. The van der Waals surface area contributed by atoms with Crippen LogP contribution in [0, 0.1) is 0 Å². The number of carbonyl (C=O) groups excluding carboxylic acids is 1. The van der Waals surface area contributed by atoms with Gasteiger partial charge in [-0.05, 0) is 34.1 Å². The van der Waals surface area contributed by atoms with Crippen LogP contribution < -0.4 is 5.73 Å². The Balaban J connectivity index is 2.26. The van der Waals surface area contributed by atoms with Crippen LogP contribution in [-0.2, 0) is 4.79 Å². The van der Waals surface area contributed by atoms with Gasteiger partial charge in [-0.15, -0.1) is 0 Å². The van der Waals surface area contributed by atoms with Crippen molar-refractivity contribution in [2.75, 3.05) is 23.8 Å². The summed E-state index contributed by atoms with van der Waals surface area (Å²) in [4.78, 5) is 24.9. The Kier molecular flexibility index (Phi) is 4.36. The van der Waals surface area contributed by atoms with Gasteiger partial charge >= 0.3 is 5.97 Å². The largest absolute Gasteiger partial charge is 0.480 e. The van der Waals surface area contributed by atoms with Crippen LogP contribution in [0.2, 0.25) is 0 Å². The number of carboxylic acid groups (broad SMARTS) is 1. The molecule has 2 rings (SSSR count). The van der Waals surface area contributed by atoms with Crippen LogP contribution in [0.1, 0.15) is 10.4 Å². The van der Waals surface area contributed by atoms with E-state index >= 15 is 0 Å². The van der Waals surface area contributed by atoms with E-state index < -0.39 is 12.0 Å². The van der Waals surface area contributed by atoms with Crippen molar-refractivity contribution in [3.63, 3.8) is 0 Å². The van der Waals surface area contributed by atoms with Gasteiger partial charge in [0.25, 0.3) is 5.91 Å². The zero-order valence-electron chi connectivity index (χ0n) is 10.0. The fourth-order valence-corrected chi connectivity index (χ4v) is 3.18.